The molecule has 2 N–H and O–H groups in total. The first-order valence-electron chi connectivity index (χ1n) is 7.17. The van der Waals surface area contributed by atoms with Crippen molar-refractivity contribution in [1.29, 1.82) is 0 Å². The molecule has 1 aliphatic carbocycles. The maximum atomic E-state index is 4.58. The second-order valence-corrected chi connectivity index (χ2v) is 5.50. The van der Waals surface area contributed by atoms with Gasteiger partial charge in [0, 0.05) is 18.2 Å². The van der Waals surface area contributed by atoms with Crippen LogP contribution in [-0.4, -0.2) is 22.6 Å². The number of hydrogen-bond donors (Lipinski definition) is 2. The van der Waals surface area contributed by atoms with Gasteiger partial charge >= 0.3 is 0 Å². The summed E-state index contributed by atoms with van der Waals surface area (Å²) in [7, 11) is 0. The van der Waals surface area contributed by atoms with E-state index in [2.05, 4.69) is 26.7 Å². The highest BCUT2D eigenvalue weighted by atomic mass is 15.1. The van der Waals surface area contributed by atoms with Crippen LogP contribution >= 0.6 is 0 Å². The van der Waals surface area contributed by atoms with Crippen LogP contribution in [0.1, 0.15) is 56.1 Å². The first kappa shape index (κ1) is 11.9. The summed E-state index contributed by atoms with van der Waals surface area (Å²) in [4.78, 5) is 9.10. The van der Waals surface area contributed by atoms with Gasteiger partial charge in [-0.15, -0.1) is 0 Å². The van der Waals surface area contributed by atoms with Crippen LogP contribution in [0.3, 0.4) is 0 Å². The van der Waals surface area contributed by atoms with Crippen LogP contribution in [0.2, 0.25) is 0 Å². The molecular formula is C14H22N4. The molecule has 0 radical (unpaired) electrons. The summed E-state index contributed by atoms with van der Waals surface area (Å²) >= 11 is 0. The first-order valence-corrected chi connectivity index (χ1v) is 7.17. The average Bonchev–Trinajstić information content (AvgIpc) is 3.00. The summed E-state index contributed by atoms with van der Waals surface area (Å²) in [6, 6.07) is 3.17. The van der Waals surface area contributed by atoms with Crippen LogP contribution in [0.25, 0.3) is 0 Å². The Morgan fingerprint density at radius 2 is 2.00 bits per heavy atom. The lowest BCUT2D eigenvalue weighted by atomic mass is 10.1. The number of nitrogens with one attached hydrogen (secondary N) is 2. The lowest BCUT2D eigenvalue weighted by Crippen LogP contribution is -2.19. The predicted octanol–water partition coefficient (Wildman–Crippen LogP) is 2.56. The SMILES string of the molecule is Cc1nc(NC2CCCC2)cc([C@H]2CCCN2)n1. The molecule has 0 aromatic carbocycles. The Hall–Kier alpha value is -1.16. The van der Waals surface area contributed by atoms with E-state index in [1.807, 2.05) is 6.92 Å². The van der Waals surface area contributed by atoms with Crippen LogP contribution in [-0.2, 0) is 0 Å². The Balaban J connectivity index is 1.76. The van der Waals surface area contributed by atoms with Gasteiger partial charge in [0.15, 0.2) is 0 Å². The lowest BCUT2D eigenvalue weighted by Gasteiger charge is -2.16. The number of nitrogens with zero attached hydrogens (tertiary/aromatic N) is 2. The van der Waals surface area contributed by atoms with Gasteiger partial charge in [0.05, 0.1) is 5.69 Å². The molecule has 3 rings (SSSR count). The summed E-state index contributed by atoms with van der Waals surface area (Å²) in [5.74, 6) is 1.89. The molecule has 1 atom stereocenters. The van der Waals surface area contributed by atoms with Crippen molar-refractivity contribution in [3.8, 4) is 0 Å². The highest BCUT2D eigenvalue weighted by Gasteiger charge is 2.20. The van der Waals surface area contributed by atoms with Gasteiger partial charge in [0.25, 0.3) is 0 Å². The fourth-order valence-electron chi connectivity index (χ4n) is 3.06. The summed E-state index contributed by atoms with van der Waals surface area (Å²) in [6.45, 7) is 3.09. The molecule has 0 bridgehead atoms. The maximum absolute atomic E-state index is 4.58. The minimum Gasteiger partial charge on any atom is -0.367 e. The van der Waals surface area contributed by atoms with E-state index in [9.17, 15) is 0 Å². The van der Waals surface area contributed by atoms with Crippen LogP contribution in [0, 0.1) is 6.92 Å². The molecule has 1 saturated carbocycles. The van der Waals surface area contributed by atoms with E-state index in [1.54, 1.807) is 0 Å². The third-order valence-electron chi connectivity index (χ3n) is 3.98. The van der Waals surface area contributed by atoms with Crippen molar-refractivity contribution in [2.45, 2.75) is 57.5 Å². The third kappa shape index (κ3) is 2.64. The zero-order chi connectivity index (χ0) is 12.4. The van der Waals surface area contributed by atoms with E-state index in [0.29, 0.717) is 12.1 Å². The van der Waals surface area contributed by atoms with Gasteiger partial charge in [0.1, 0.15) is 11.6 Å². The Kier molecular flexibility index (Phi) is 3.46. The summed E-state index contributed by atoms with van der Waals surface area (Å²) < 4.78 is 0. The summed E-state index contributed by atoms with van der Waals surface area (Å²) in [5.41, 5.74) is 1.15. The molecule has 1 aromatic rings. The number of aryl methyl sites for hydroxylation is 1. The molecule has 4 nitrogen and oxygen atoms in total. The Labute approximate surface area is 109 Å². The molecule has 0 amide bonds. The number of hydrogen-bond acceptors (Lipinski definition) is 4. The van der Waals surface area contributed by atoms with Crippen LogP contribution < -0.4 is 10.6 Å². The van der Waals surface area contributed by atoms with Gasteiger partial charge in [-0.25, -0.2) is 9.97 Å². The van der Waals surface area contributed by atoms with E-state index < -0.39 is 0 Å². The third-order valence-corrected chi connectivity index (χ3v) is 3.98. The van der Waals surface area contributed by atoms with Crippen molar-refractivity contribution >= 4 is 5.82 Å². The molecule has 2 heterocycles. The van der Waals surface area contributed by atoms with Crippen molar-refractivity contribution in [2.24, 2.45) is 0 Å². The van der Waals surface area contributed by atoms with E-state index >= 15 is 0 Å². The van der Waals surface area contributed by atoms with Crippen LogP contribution in [0.5, 0.6) is 0 Å². The van der Waals surface area contributed by atoms with Crippen molar-refractivity contribution < 1.29 is 0 Å². The standard InChI is InChI=1S/C14H22N4/c1-10-16-13(12-7-4-8-15-12)9-14(17-10)18-11-5-2-3-6-11/h9,11-12,15H,2-8H2,1H3,(H,16,17,18)/t12-/m1/s1. The zero-order valence-corrected chi connectivity index (χ0v) is 11.1. The van der Waals surface area contributed by atoms with Crippen molar-refractivity contribution in [2.75, 3.05) is 11.9 Å². The minimum atomic E-state index is 0.427. The van der Waals surface area contributed by atoms with Crippen LogP contribution in [0.4, 0.5) is 5.82 Å². The number of rotatable bonds is 3. The Morgan fingerprint density at radius 3 is 2.72 bits per heavy atom. The smallest absolute Gasteiger partial charge is 0.130 e. The molecule has 0 spiro atoms. The first-order chi connectivity index (χ1) is 8.81. The number of anilines is 1. The van der Waals surface area contributed by atoms with E-state index in [1.165, 1.54) is 38.5 Å². The second-order valence-electron chi connectivity index (χ2n) is 5.50. The fraction of sp³-hybridized carbons (Fsp3) is 0.714. The molecule has 98 valence electrons. The van der Waals surface area contributed by atoms with Gasteiger partial charge in [-0.3, -0.25) is 0 Å². The zero-order valence-electron chi connectivity index (χ0n) is 11.1. The van der Waals surface area contributed by atoms with E-state index in [0.717, 1.165) is 23.9 Å². The van der Waals surface area contributed by atoms with Crippen molar-refractivity contribution in [3.63, 3.8) is 0 Å². The topological polar surface area (TPSA) is 49.8 Å². The van der Waals surface area contributed by atoms with Crippen molar-refractivity contribution in [1.82, 2.24) is 15.3 Å². The van der Waals surface area contributed by atoms with Crippen LogP contribution in [0.15, 0.2) is 6.07 Å². The monoisotopic (exact) mass is 246 g/mol. The van der Waals surface area contributed by atoms with E-state index in [4.69, 9.17) is 0 Å². The lowest BCUT2D eigenvalue weighted by molar-refractivity contribution is 0.622. The Bertz CT molecular complexity index is 406. The molecule has 18 heavy (non-hydrogen) atoms. The highest BCUT2D eigenvalue weighted by molar-refractivity contribution is 5.38. The maximum Gasteiger partial charge on any atom is 0.130 e. The molecule has 4 heteroatoms. The largest absolute Gasteiger partial charge is 0.367 e. The average molecular weight is 246 g/mol. The number of aromatic nitrogens is 2. The molecule has 1 aromatic heterocycles. The van der Waals surface area contributed by atoms with Gasteiger partial charge in [-0.2, -0.15) is 0 Å². The highest BCUT2D eigenvalue weighted by Crippen LogP contribution is 2.25. The molecule has 1 saturated heterocycles. The second kappa shape index (κ2) is 5.22. The molecule has 1 aliphatic heterocycles. The normalized spacial score (nSPS) is 24.6. The molecular weight excluding hydrogens is 224 g/mol. The van der Waals surface area contributed by atoms with Gasteiger partial charge in [-0.1, -0.05) is 12.8 Å². The predicted molar refractivity (Wildman–Crippen MR) is 72.6 cm³/mol. The Morgan fingerprint density at radius 1 is 1.17 bits per heavy atom. The summed E-state index contributed by atoms with van der Waals surface area (Å²) in [6.07, 6.45) is 7.69. The fourth-order valence-corrected chi connectivity index (χ4v) is 3.06. The molecule has 0 unspecified atom stereocenters. The summed E-state index contributed by atoms with van der Waals surface area (Å²) in [5, 5.41) is 7.07. The van der Waals surface area contributed by atoms with Crippen molar-refractivity contribution in [3.05, 3.63) is 17.6 Å². The van der Waals surface area contributed by atoms with Gasteiger partial charge in [-0.05, 0) is 39.2 Å². The quantitative estimate of drug-likeness (QED) is 0.860. The van der Waals surface area contributed by atoms with E-state index in [-0.39, 0.29) is 0 Å². The minimum absolute atomic E-state index is 0.427. The molecule has 2 fully saturated rings. The van der Waals surface area contributed by atoms with Gasteiger partial charge in [0.2, 0.25) is 0 Å². The molecule has 2 aliphatic rings. The van der Waals surface area contributed by atoms with Gasteiger partial charge < -0.3 is 10.6 Å².